The number of carbonyl (C=O) groups is 1. The summed E-state index contributed by atoms with van der Waals surface area (Å²) in [5.74, 6) is 1.59. The number of hydrogen-bond donors (Lipinski definition) is 0. The van der Waals surface area contributed by atoms with Crippen LogP contribution in [0.4, 0.5) is 5.82 Å². The highest BCUT2D eigenvalue weighted by atomic mass is 32.2. The summed E-state index contributed by atoms with van der Waals surface area (Å²) in [5.41, 5.74) is 0. The minimum atomic E-state index is 0.212. The summed E-state index contributed by atoms with van der Waals surface area (Å²) in [6.45, 7) is 4.99. The van der Waals surface area contributed by atoms with Crippen LogP contribution in [0.25, 0.3) is 0 Å². The molecule has 1 aromatic heterocycles. The molecule has 21 heavy (non-hydrogen) atoms. The summed E-state index contributed by atoms with van der Waals surface area (Å²) < 4.78 is 5.35. The van der Waals surface area contributed by atoms with Gasteiger partial charge < -0.3 is 14.5 Å². The van der Waals surface area contributed by atoms with E-state index in [1.165, 1.54) is 11.8 Å². The largest absolute Gasteiger partial charge is 0.378 e. The number of rotatable bonds is 4. The topological polar surface area (TPSA) is 58.6 Å². The molecule has 1 amide bonds. The zero-order chi connectivity index (χ0) is 14.5. The van der Waals surface area contributed by atoms with Gasteiger partial charge in [-0.05, 0) is 12.8 Å². The van der Waals surface area contributed by atoms with E-state index < -0.39 is 0 Å². The van der Waals surface area contributed by atoms with Gasteiger partial charge >= 0.3 is 0 Å². The molecule has 0 spiro atoms. The summed E-state index contributed by atoms with van der Waals surface area (Å²) in [4.78, 5) is 24.7. The first-order chi connectivity index (χ1) is 10.3. The van der Waals surface area contributed by atoms with E-state index in [1.807, 2.05) is 11.0 Å². The zero-order valence-corrected chi connectivity index (χ0v) is 12.8. The predicted molar refractivity (Wildman–Crippen MR) is 81.6 cm³/mol. The quantitative estimate of drug-likeness (QED) is 0.611. The Morgan fingerprint density at radius 2 is 1.95 bits per heavy atom. The maximum Gasteiger partial charge on any atom is 0.232 e. The van der Waals surface area contributed by atoms with E-state index in [-0.39, 0.29) is 5.91 Å². The lowest BCUT2D eigenvalue weighted by Crippen LogP contribution is -2.36. The molecule has 0 aromatic carbocycles. The average molecular weight is 308 g/mol. The number of nitrogens with zero attached hydrogens (tertiary/aromatic N) is 4. The molecule has 2 aliphatic rings. The van der Waals surface area contributed by atoms with Crippen molar-refractivity contribution in [2.75, 3.05) is 50.0 Å². The van der Waals surface area contributed by atoms with E-state index in [0.717, 1.165) is 63.1 Å². The van der Waals surface area contributed by atoms with E-state index in [1.54, 1.807) is 6.33 Å². The maximum absolute atomic E-state index is 12.0. The van der Waals surface area contributed by atoms with Crippen LogP contribution in [-0.4, -0.2) is 65.9 Å². The van der Waals surface area contributed by atoms with Crippen molar-refractivity contribution in [2.24, 2.45) is 0 Å². The average Bonchev–Trinajstić information content (AvgIpc) is 3.08. The lowest BCUT2D eigenvalue weighted by molar-refractivity contribution is -0.127. The van der Waals surface area contributed by atoms with Crippen molar-refractivity contribution < 1.29 is 9.53 Å². The number of ether oxygens (including phenoxy) is 1. The number of morpholine rings is 1. The predicted octanol–water partition coefficient (Wildman–Crippen LogP) is 1.03. The number of anilines is 1. The molecule has 1 aromatic rings. The van der Waals surface area contributed by atoms with Crippen LogP contribution in [0, 0.1) is 0 Å². The first-order valence-electron chi connectivity index (χ1n) is 7.38. The Morgan fingerprint density at radius 1 is 1.19 bits per heavy atom. The van der Waals surface area contributed by atoms with Gasteiger partial charge in [0.25, 0.3) is 0 Å². The van der Waals surface area contributed by atoms with Crippen LogP contribution in [-0.2, 0) is 9.53 Å². The van der Waals surface area contributed by atoms with Crippen molar-refractivity contribution in [3.05, 3.63) is 12.4 Å². The molecule has 0 aliphatic carbocycles. The fourth-order valence-electron chi connectivity index (χ4n) is 2.57. The molecule has 114 valence electrons. The van der Waals surface area contributed by atoms with Crippen molar-refractivity contribution in [2.45, 2.75) is 17.9 Å². The Bertz CT molecular complexity index is 488. The van der Waals surface area contributed by atoms with Crippen molar-refractivity contribution >= 4 is 23.5 Å². The molecular weight excluding hydrogens is 288 g/mol. The second kappa shape index (κ2) is 7.09. The van der Waals surface area contributed by atoms with Gasteiger partial charge in [0.05, 0.1) is 19.0 Å². The number of likely N-dealkylation sites (tertiary alicyclic amines) is 1. The van der Waals surface area contributed by atoms with Gasteiger partial charge in [-0.1, -0.05) is 11.8 Å². The molecule has 0 N–H and O–H groups in total. The van der Waals surface area contributed by atoms with Gasteiger partial charge in [-0.15, -0.1) is 0 Å². The molecule has 6 nitrogen and oxygen atoms in total. The van der Waals surface area contributed by atoms with Crippen LogP contribution in [0.5, 0.6) is 0 Å². The van der Waals surface area contributed by atoms with Gasteiger partial charge in [0.2, 0.25) is 5.91 Å². The highest BCUT2D eigenvalue weighted by molar-refractivity contribution is 7.99. The van der Waals surface area contributed by atoms with E-state index in [4.69, 9.17) is 4.74 Å². The fraction of sp³-hybridized carbons (Fsp3) is 0.643. The first kappa shape index (κ1) is 14.6. The van der Waals surface area contributed by atoms with Gasteiger partial charge in [0, 0.05) is 32.2 Å². The summed E-state index contributed by atoms with van der Waals surface area (Å²) >= 11 is 1.49. The van der Waals surface area contributed by atoms with Gasteiger partial charge in [-0.2, -0.15) is 0 Å². The third-order valence-corrected chi connectivity index (χ3v) is 4.68. The summed E-state index contributed by atoms with van der Waals surface area (Å²) in [6.07, 6.45) is 3.84. The minimum absolute atomic E-state index is 0.212. The Balaban J connectivity index is 1.56. The Hall–Kier alpha value is -1.34. The van der Waals surface area contributed by atoms with Gasteiger partial charge in [-0.25, -0.2) is 9.97 Å². The van der Waals surface area contributed by atoms with Gasteiger partial charge in [0.15, 0.2) is 0 Å². The molecule has 0 radical (unpaired) electrons. The third-order valence-electron chi connectivity index (χ3n) is 3.76. The maximum atomic E-state index is 12.0. The molecule has 3 rings (SSSR count). The lowest BCUT2D eigenvalue weighted by atomic mass is 10.4. The monoisotopic (exact) mass is 308 g/mol. The molecule has 0 atom stereocenters. The van der Waals surface area contributed by atoms with E-state index >= 15 is 0 Å². The number of carbonyl (C=O) groups excluding carboxylic acids is 1. The van der Waals surface area contributed by atoms with Crippen molar-refractivity contribution in [1.29, 1.82) is 0 Å². The number of amides is 1. The first-order valence-corrected chi connectivity index (χ1v) is 8.37. The van der Waals surface area contributed by atoms with Gasteiger partial charge in [-0.3, -0.25) is 4.79 Å². The molecule has 7 heteroatoms. The fourth-order valence-corrected chi connectivity index (χ4v) is 3.33. The Morgan fingerprint density at radius 3 is 2.71 bits per heavy atom. The van der Waals surface area contributed by atoms with E-state index in [2.05, 4.69) is 14.9 Å². The molecule has 2 fully saturated rings. The molecule has 3 heterocycles. The van der Waals surface area contributed by atoms with Crippen LogP contribution in [0.2, 0.25) is 0 Å². The van der Waals surface area contributed by atoms with E-state index in [9.17, 15) is 4.79 Å². The molecular formula is C14H20N4O2S. The molecule has 0 saturated carbocycles. The standard InChI is InChI=1S/C14H20N4O2S/c19-14(18-3-1-2-4-18)10-21-13-9-12(15-11-16-13)17-5-7-20-8-6-17/h9,11H,1-8,10H2. The van der Waals surface area contributed by atoms with Crippen LogP contribution < -0.4 is 4.90 Å². The normalized spacial score (nSPS) is 19.0. The number of aromatic nitrogens is 2. The number of thioether (sulfide) groups is 1. The SMILES string of the molecule is O=C(CSc1cc(N2CCOCC2)ncn1)N1CCCC1. The molecule has 0 bridgehead atoms. The molecule has 2 saturated heterocycles. The minimum Gasteiger partial charge on any atom is -0.378 e. The lowest BCUT2D eigenvalue weighted by Gasteiger charge is -2.27. The zero-order valence-electron chi connectivity index (χ0n) is 12.0. The highest BCUT2D eigenvalue weighted by Gasteiger charge is 2.18. The third kappa shape index (κ3) is 3.85. The molecule has 2 aliphatic heterocycles. The van der Waals surface area contributed by atoms with E-state index in [0.29, 0.717) is 5.75 Å². The van der Waals surface area contributed by atoms with Crippen LogP contribution in [0.1, 0.15) is 12.8 Å². The second-order valence-corrected chi connectivity index (χ2v) is 6.19. The highest BCUT2D eigenvalue weighted by Crippen LogP contribution is 2.21. The second-order valence-electron chi connectivity index (χ2n) is 5.19. The van der Waals surface area contributed by atoms with Crippen LogP contribution >= 0.6 is 11.8 Å². The summed E-state index contributed by atoms with van der Waals surface area (Å²) in [7, 11) is 0. The number of hydrogen-bond acceptors (Lipinski definition) is 6. The summed E-state index contributed by atoms with van der Waals surface area (Å²) in [6, 6.07) is 1.97. The van der Waals surface area contributed by atoms with Crippen molar-refractivity contribution in [3.63, 3.8) is 0 Å². The Labute approximate surface area is 128 Å². The van der Waals surface area contributed by atoms with Gasteiger partial charge in [0.1, 0.15) is 17.2 Å². The Kier molecular flexibility index (Phi) is 4.92. The molecule has 0 unspecified atom stereocenters. The summed E-state index contributed by atoms with van der Waals surface area (Å²) in [5, 5.41) is 0.860. The van der Waals surface area contributed by atoms with Crippen molar-refractivity contribution in [3.8, 4) is 0 Å². The van der Waals surface area contributed by atoms with Crippen LogP contribution in [0.15, 0.2) is 17.4 Å². The smallest absolute Gasteiger partial charge is 0.232 e. The van der Waals surface area contributed by atoms with Crippen molar-refractivity contribution in [1.82, 2.24) is 14.9 Å². The van der Waals surface area contributed by atoms with Crippen LogP contribution in [0.3, 0.4) is 0 Å².